The van der Waals surface area contributed by atoms with Gasteiger partial charge in [0.15, 0.2) is 0 Å². The third-order valence-electron chi connectivity index (χ3n) is 2.71. The molecule has 1 aliphatic heterocycles. The van der Waals surface area contributed by atoms with Crippen LogP contribution in [0.5, 0.6) is 0 Å². The monoisotopic (exact) mass is 249 g/mol. The summed E-state index contributed by atoms with van der Waals surface area (Å²) in [6, 6.07) is -0.477. The topological polar surface area (TPSA) is 96.9 Å². The highest BCUT2D eigenvalue weighted by Crippen LogP contribution is 2.12. The molecule has 0 aliphatic carbocycles. The summed E-state index contributed by atoms with van der Waals surface area (Å²) in [4.78, 5) is 26.6. The highest BCUT2D eigenvalue weighted by atomic mass is 16.2. The van der Waals surface area contributed by atoms with E-state index in [0.29, 0.717) is 18.8 Å². The van der Waals surface area contributed by atoms with Crippen molar-refractivity contribution >= 4 is 17.8 Å². The zero-order chi connectivity index (χ0) is 13.1. The fourth-order valence-electron chi connectivity index (χ4n) is 1.60. The van der Waals surface area contributed by atoms with Crippen molar-refractivity contribution in [1.29, 1.82) is 0 Å². The fourth-order valence-corrected chi connectivity index (χ4v) is 1.60. The zero-order valence-electron chi connectivity index (χ0n) is 10.3. The van der Waals surface area contributed by atoms with Gasteiger partial charge in [-0.05, 0) is 12.3 Å². The summed E-state index contributed by atoms with van der Waals surface area (Å²) < 4.78 is 0. The Morgan fingerprint density at radius 1 is 1.39 bits per heavy atom. The number of nitrogens with one attached hydrogen (secondary N) is 2. The quantitative estimate of drug-likeness (QED) is 0.743. The molecule has 1 aromatic heterocycles. The number of amides is 2. The first-order valence-corrected chi connectivity index (χ1v) is 5.86. The van der Waals surface area contributed by atoms with Crippen molar-refractivity contribution in [2.75, 3.05) is 5.32 Å². The smallest absolute Gasteiger partial charge is 0.249 e. The van der Waals surface area contributed by atoms with Crippen LogP contribution in [0.4, 0.5) is 5.95 Å². The normalized spacial score (nSPS) is 19.8. The lowest BCUT2D eigenvalue weighted by Gasteiger charge is -2.21. The summed E-state index contributed by atoms with van der Waals surface area (Å²) in [6.45, 7) is 4.00. The molecule has 0 aromatic carbocycles. The number of hydrogen-bond donors (Lipinski definition) is 2. The predicted molar refractivity (Wildman–Crippen MR) is 63.7 cm³/mol. The van der Waals surface area contributed by atoms with Gasteiger partial charge in [-0.15, -0.1) is 5.10 Å². The molecule has 1 aliphatic rings. The van der Waals surface area contributed by atoms with E-state index in [1.165, 1.54) is 0 Å². The molecule has 1 aromatic rings. The standard InChI is InChI=1S/C11H15N5O2/c1-6(2)8-5-12-11(16-15-8)13-7-3-4-9(17)14-10(7)18/h5-7H,3-4H2,1-2H3,(H,12,13,16)(H,14,17,18). The zero-order valence-corrected chi connectivity index (χ0v) is 10.3. The van der Waals surface area contributed by atoms with Crippen molar-refractivity contribution in [2.24, 2.45) is 0 Å². The van der Waals surface area contributed by atoms with Crippen LogP contribution in [0.15, 0.2) is 6.20 Å². The highest BCUT2D eigenvalue weighted by Gasteiger charge is 2.26. The third-order valence-corrected chi connectivity index (χ3v) is 2.71. The van der Waals surface area contributed by atoms with Crippen molar-refractivity contribution in [3.63, 3.8) is 0 Å². The number of carbonyl (C=O) groups is 2. The molecule has 1 unspecified atom stereocenters. The molecule has 7 heteroatoms. The van der Waals surface area contributed by atoms with Gasteiger partial charge in [0.1, 0.15) is 6.04 Å². The van der Waals surface area contributed by atoms with Crippen molar-refractivity contribution in [3.05, 3.63) is 11.9 Å². The van der Waals surface area contributed by atoms with Crippen LogP contribution in [-0.4, -0.2) is 33.0 Å². The number of piperidine rings is 1. The van der Waals surface area contributed by atoms with Gasteiger partial charge < -0.3 is 5.32 Å². The number of aromatic nitrogens is 3. The van der Waals surface area contributed by atoms with Gasteiger partial charge in [0, 0.05) is 6.42 Å². The van der Waals surface area contributed by atoms with E-state index >= 15 is 0 Å². The number of nitrogens with zero attached hydrogens (tertiary/aromatic N) is 3. The number of imide groups is 1. The molecule has 2 N–H and O–H groups in total. The predicted octanol–water partition coefficient (Wildman–Crippen LogP) is 0.212. The first-order valence-electron chi connectivity index (χ1n) is 5.86. The summed E-state index contributed by atoms with van der Waals surface area (Å²) in [6.07, 6.45) is 2.40. The SMILES string of the molecule is CC(C)c1cnc(NC2CCC(=O)NC2=O)nn1. The minimum Gasteiger partial charge on any atom is -0.341 e. The molecule has 0 spiro atoms. The highest BCUT2D eigenvalue weighted by molar-refractivity contribution is 6.01. The van der Waals surface area contributed by atoms with Gasteiger partial charge in [0.25, 0.3) is 0 Å². The number of carbonyl (C=O) groups excluding carboxylic acids is 2. The first kappa shape index (κ1) is 12.4. The van der Waals surface area contributed by atoms with Crippen LogP contribution in [0.25, 0.3) is 0 Å². The number of rotatable bonds is 3. The van der Waals surface area contributed by atoms with Crippen LogP contribution in [0.1, 0.15) is 38.3 Å². The fraction of sp³-hybridized carbons (Fsp3) is 0.545. The van der Waals surface area contributed by atoms with E-state index in [1.807, 2.05) is 13.8 Å². The summed E-state index contributed by atoms with van der Waals surface area (Å²) in [5.41, 5.74) is 0.795. The van der Waals surface area contributed by atoms with E-state index in [2.05, 4.69) is 25.8 Å². The molecule has 2 heterocycles. The van der Waals surface area contributed by atoms with E-state index in [0.717, 1.165) is 5.69 Å². The van der Waals surface area contributed by atoms with Crippen molar-refractivity contribution in [1.82, 2.24) is 20.5 Å². The number of hydrogen-bond acceptors (Lipinski definition) is 6. The second kappa shape index (κ2) is 5.07. The minimum absolute atomic E-state index is 0.243. The summed E-state index contributed by atoms with van der Waals surface area (Å²) in [5, 5.41) is 13.1. The Morgan fingerprint density at radius 3 is 2.72 bits per heavy atom. The number of anilines is 1. The van der Waals surface area contributed by atoms with Crippen LogP contribution in [0.2, 0.25) is 0 Å². The molecular weight excluding hydrogens is 234 g/mol. The van der Waals surface area contributed by atoms with E-state index in [1.54, 1.807) is 6.20 Å². The summed E-state index contributed by atoms with van der Waals surface area (Å²) in [5.74, 6) is -0.0291. The minimum atomic E-state index is -0.477. The van der Waals surface area contributed by atoms with Gasteiger partial charge >= 0.3 is 0 Å². The molecule has 2 rings (SSSR count). The lowest BCUT2D eigenvalue weighted by atomic mass is 10.1. The van der Waals surface area contributed by atoms with Gasteiger partial charge in [-0.1, -0.05) is 13.8 Å². The Morgan fingerprint density at radius 2 is 2.17 bits per heavy atom. The molecular formula is C11H15N5O2. The molecule has 1 saturated heterocycles. The van der Waals surface area contributed by atoms with Gasteiger partial charge in [0.05, 0.1) is 11.9 Å². The second-order valence-electron chi connectivity index (χ2n) is 4.51. The van der Waals surface area contributed by atoms with E-state index in [4.69, 9.17) is 0 Å². The molecule has 0 radical (unpaired) electrons. The Bertz CT molecular complexity index is 457. The summed E-state index contributed by atoms with van der Waals surface area (Å²) in [7, 11) is 0. The van der Waals surface area contributed by atoms with E-state index in [9.17, 15) is 9.59 Å². The van der Waals surface area contributed by atoms with Crippen LogP contribution in [-0.2, 0) is 9.59 Å². The van der Waals surface area contributed by atoms with Crippen LogP contribution in [0.3, 0.4) is 0 Å². The molecule has 18 heavy (non-hydrogen) atoms. The Kier molecular flexibility index (Phi) is 3.50. The lowest BCUT2D eigenvalue weighted by Crippen LogP contribution is -2.47. The maximum absolute atomic E-state index is 11.5. The lowest BCUT2D eigenvalue weighted by molar-refractivity contribution is -0.133. The maximum Gasteiger partial charge on any atom is 0.249 e. The van der Waals surface area contributed by atoms with Crippen molar-refractivity contribution in [3.8, 4) is 0 Å². The van der Waals surface area contributed by atoms with Crippen molar-refractivity contribution < 1.29 is 9.59 Å². The average molecular weight is 249 g/mol. The molecule has 1 atom stereocenters. The average Bonchev–Trinajstić information content (AvgIpc) is 2.33. The first-order chi connectivity index (χ1) is 8.56. The van der Waals surface area contributed by atoms with Crippen LogP contribution in [0, 0.1) is 0 Å². The van der Waals surface area contributed by atoms with E-state index < -0.39 is 6.04 Å². The maximum atomic E-state index is 11.5. The van der Waals surface area contributed by atoms with Gasteiger partial charge in [0.2, 0.25) is 17.8 Å². The van der Waals surface area contributed by atoms with Gasteiger partial charge in [-0.2, -0.15) is 5.10 Å². The van der Waals surface area contributed by atoms with Crippen molar-refractivity contribution in [2.45, 2.75) is 38.6 Å². The molecule has 7 nitrogen and oxygen atoms in total. The summed E-state index contributed by atoms with van der Waals surface area (Å²) >= 11 is 0. The largest absolute Gasteiger partial charge is 0.341 e. The van der Waals surface area contributed by atoms with E-state index in [-0.39, 0.29) is 17.7 Å². The Hall–Kier alpha value is -2.05. The molecule has 96 valence electrons. The molecule has 1 fully saturated rings. The molecule has 0 bridgehead atoms. The Balaban J connectivity index is 2.01. The Labute approximate surface area is 104 Å². The molecule has 2 amide bonds. The van der Waals surface area contributed by atoms with Crippen LogP contribution < -0.4 is 10.6 Å². The molecule has 0 saturated carbocycles. The third kappa shape index (κ3) is 2.79. The van der Waals surface area contributed by atoms with Gasteiger partial charge in [-0.25, -0.2) is 4.98 Å². The second-order valence-corrected chi connectivity index (χ2v) is 4.51. The van der Waals surface area contributed by atoms with Crippen LogP contribution >= 0.6 is 0 Å². The van der Waals surface area contributed by atoms with Gasteiger partial charge in [-0.3, -0.25) is 14.9 Å².